The Morgan fingerprint density at radius 3 is 2.37 bits per heavy atom. The van der Waals surface area contributed by atoms with Crippen LogP contribution in [0.2, 0.25) is 0 Å². The topological polar surface area (TPSA) is 17.8 Å². The second-order valence-corrected chi connectivity index (χ2v) is 10.5. The van der Waals surface area contributed by atoms with Crippen molar-refractivity contribution in [2.75, 3.05) is 0 Å². The number of rotatable bonds is 8. The van der Waals surface area contributed by atoms with Gasteiger partial charge in [0.05, 0.1) is 22.8 Å². The van der Waals surface area contributed by atoms with Gasteiger partial charge in [-0.05, 0) is 72.9 Å². The molecule has 2 heterocycles. The molecule has 3 aromatic rings. The summed E-state index contributed by atoms with van der Waals surface area (Å²) in [6.07, 6.45) is 4.51. The smallest absolute Gasteiger partial charge is 0.336 e. The third-order valence-electron chi connectivity index (χ3n) is 8.09. The van der Waals surface area contributed by atoms with Gasteiger partial charge in [0.25, 0.3) is 0 Å². The number of pyridine rings is 1. The van der Waals surface area contributed by atoms with E-state index in [9.17, 15) is 17.6 Å². The summed E-state index contributed by atoms with van der Waals surface area (Å²) in [5.41, 5.74) is 5.00. The van der Waals surface area contributed by atoms with E-state index in [1.807, 2.05) is 31.3 Å². The molecule has 2 aromatic heterocycles. The molecule has 1 aromatic carbocycles. The minimum Gasteiger partial charge on any atom is -0.336 e. The summed E-state index contributed by atoms with van der Waals surface area (Å²) in [6, 6.07) is 9.39. The van der Waals surface area contributed by atoms with E-state index in [2.05, 4.69) is 11.5 Å². The number of hydrogen-bond acceptors (Lipinski definition) is 1. The molecular weight excluding hydrogens is 452 g/mol. The molecular formula is C29H36F4N2. The van der Waals surface area contributed by atoms with Crippen LogP contribution in [-0.4, -0.2) is 15.7 Å². The summed E-state index contributed by atoms with van der Waals surface area (Å²) >= 11 is 0. The van der Waals surface area contributed by atoms with Gasteiger partial charge in [0.1, 0.15) is 5.82 Å². The predicted octanol–water partition coefficient (Wildman–Crippen LogP) is 8.92. The van der Waals surface area contributed by atoms with Gasteiger partial charge in [-0.3, -0.25) is 4.98 Å². The minimum absolute atomic E-state index is 0.122. The second-order valence-electron chi connectivity index (χ2n) is 10.5. The number of hydrogen-bond donors (Lipinski definition) is 0. The van der Waals surface area contributed by atoms with Crippen LogP contribution < -0.4 is 0 Å². The molecule has 1 saturated carbocycles. The quantitative estimate of drug-likeness (QED) is 0.289. The summed E-state index contributed by atoms with van der Waals surface area (Å²) in [4.78, 5) is 4.81. The molecule has 3 atom stereocenters. The molecule has 190 valence electrons. The fourth-order valence-corrected chi connectivity index (χ4v) is 5.71. The standard InChI is InChI=1S/C29H36F4N2/c1-5-8-25-24-13-12-22(30)16-27(24)35(23-9-6-7-10-23)28(25)26-14-11-21(17-34-26)15-18(2)19(3)20(4)29(31,32)33/h11-14,16-20,23H,5-10,15H2,1-4H3. The maximum Gasteiger partial charge on any atom is 0.391 e. The third kappa shape index (κ3) is 5.26. The number of fused-ring (bicyclic) bond motifs is 1. The van der Waals surface area contributed by atoms with Crippen molar-refractivity contribution in [1.82, 2.24) is 9.55 Å². The van der Waals surface area contributed by atoms with Crippen LogP contribution in [0.1, 0.15) is 77.0 Å². The number of aromatic nitrogens is 2. The van der Waals surface area contributed by atoms with Crippen molar-refractivity contribution in [3.63, 3.8) is 0 Å². The summed E-state index contributed by atoms with van der Waals surface area (Å²) in [5, 5.41) is 1.09. The zero-order chi connectivity index (χ0) is 25.3. The highest BCUT2D eigenvalue weighted by atomic mass is 19.4. The van der Waals surface area contributed by atoms with Gasteiger partial charge in [-0.15, -0.1) is 0 Å². The van der Waals surface area contributed by atoms with Gasteiger partial charge >= 0.3 is 6.18 Å². The SMILES string of the molecule is CCCc1c(-c2ccc(CC(C)C(C)C(C)C(F)(F)F)cn2)n(C2CCCC2)c2cc(F)ccc12. The molecule has 1 fully saturated rings. The number of alkyl halides is 3. The Hall–Kier alpha value is -2.37. The van der Waals surface area contributed by atoms with Gasteiger partial charge < -0.3 is 4.57 Å². The first-order valence-corrected chi connectivity index (χ1v) is 13.0. The van der Waals surface area contributed by atoms with Crippen LogP contribution in [0.3, 0.4) is 0 Å². The van der Waals surface area contributed by atoms with E-state index in [-0.39, 0.29) is 11.7 Å². The lowest BCUT2D eigenvalue weighted by Crippen LogP contribution is -2.30. The van der Waals surface area contributed by atoms with Crippen LogP contribution in [0.5, 0.6) is 0 Å². The van der Waals surface area contributed by atoms with Gasteiger partial charge in [-0.25, -0.2) is 4.39 Å². The lowest BCUT2D eigenvalue weighted by atomic mass is 9.81. The van der Waals surface area contributed by atoms with E-state index in [1.165, 1.54) is 31.4 Å². The Labute approximate surface area is 205 Å². The Morgan fingerprint density at radius 2 is 1.77 bits per heavy atom. The third-order valence-corrected chi connectivity index (χ3v) is 8.09. The van der Waals surface area contributed by atoms with E-state index in [4.69, 9.17) is 4.98 Å². The lowest BCUT2D eigenvalue weighted by Gasteiger charge is -2.28. The lowest BCUT2D eigenvalue weighted by molar-refractivity contribution is -0.186. The van der Waals surface area contributed by atoms with E-state index in [0.717, 1.165) is 53.5 Å². The normalized spacial score (nSPS) is 17.7. The van der Waals surface area contributed by atoms with Crippen LogP contribution in [0, 0.1) is 23.6 Å². The highest BCUT2D eigenvalue weighted by molar-refractivity contribution is 5.91. The van der Waals surface area contributed by atoms with Crippen molar-refractivity contribution in [3.8, 4) is 11.4 Å². The molecule has 1 aliphatic carbocycles. The molecule has 0 radical (unpaired) electrons. The number of nitrogens with zero attached hydrogens (tertiary/aromatic N) is 2. The average molecular weight is 489 g/mol. The fourth-order valence-electron chi connectivity index (χ4n) is 5.71. The molecule has 0 aliphatic heterocycles. The van der Waals surface area contributed by atoms with Crippen molar-refractivity contribution >= 4 is 10.9 Å². The van der Waals surface area contributed by atoms with Crippen LogP contribution in [0.15, 0.2) is 36.5 Å². The zero-order valence-electron chi connectivity index (χ0n) is 21.1. The molecule has 1 aliphatic rings. The fraction of sp³-hybridized carbons (Fsp3) is 0.552. The van der Waals surface area contributed by atoms with Crippen LogP contribution in [-0.2, 0) is 12.8 Å². The first-order valence-electron chi connectivity index (χ1n) is 13.0. The second kappa shape index (κ2) is 10.3. The minimum atomic E-state index is -4.18. The monoisotopic (exact) mass is 488 g/mol. The van der Waals surface area contributed by atoms with Gasteiger partial charge in [0, 0.05) is 17.6 Å². The predicted molar refractivity (Wildman–Crippen MR) is 134 cm³/mol. The highest BCUT2D eigenvalue weighted by Gasteiger charge is 2.41. The van der Waals surface area contributed by atoms with Crippen LogP contribution >= 0.6 is 0 Å². The maximum atomic E-state index is 14.3. The molecule has 6 heteroatoms. The summed E-state index contributed by atoms with van der Waals surface area (Å²) in [7, 11) is 0. The van der Waals surface area contributed by atoms with Crippen molar-refractivity contribution in [2.24, 2.45) is 17.8 Å². The first-order chi connectivity index (χ1) is 16.6. The largest absolute Gasteiger partial charge is 0.391 e. The van der Waals surface area contributed by atoms with Gasteiger partial charge in [-0.2, -0.15) is 13.2 Å². The van der Waals surface area contributed by atoms with Gasteiger partial charge in [0.15, 0.2) is 0 Å². The summed E-state index contributed by atoms with van der Waals surface area (Å²) < 4.78 is 56.2. The molecule has 35 heavy (non-hydrogen) atoms. The zero-order valence-corrected chi connectivity index (χ0v) is 21.1. The Balaban J connectivity index is 1.70. The van der Waals surface area contributed by atoms with Crippen molar-refractivity contribution < 1.29 is 17.6 Å². The van der Waals surface area contributed by atoms with Crippen LogP contribution in [0.4, 0.5) is 17.6 Å². The Morgan fingerprint density at radius 1 is 1.06 bits per heavy atom. The molecule has 0 N–H and O–H groups in total. The van der Waals surface area contributed by atoms with Crippen molar-refractivity contribution in [2.45, 2.75) is 84.9 Å². The Kier molecular flexibility index (Phi) is 7.58. The molecule has 0 bridgehead atoms. The summed E-state index contributed by atoms with van der Waals surface area (Å²) in [5.74, 6) is -2.18. The van der Waals surface area contributed by atoms with Gasteiger partial charge in [0.2, 0.25) is 0 Å². The molecule has 0 spiro atoms. The molecule has 4 rings (SSSR count). The van der Waals surface area contributed by atoms with Gasteiger partial charge in [-0.1, -0.05) is 53.0 Å². The van der Waals surface area contributed by atoms with Crippen molar-refractivity contribution in [1.29, 1.82) is 0 Å². The average Bonchev–Trinajstić information content (AvgIpc) is 3.44. The van der Waals surface area contributed by atoms with Crippen LogP contribution in [0.25, 0.3) is 22.3 Å². The Bertz CT molecular complexity index is 1140. The molecule has 2 nitrogen and oxygen atoms in total. The number of halogens is 4. The van der Waals surface area contributed by atoms with Crippen molar-refractivity contribution in [3.05, 3.63) is 53.5 Å². The van der Waals surface area contributed by atoms with E-state index < -0.39 is 18.0 Å². The number of aryl methyl sites for hydroxylation is 1. The first kappa shape index (κ1) is 25.7. The van der Waals surface area contributed by atoms with E-state index in [1.54, 1.807) is 13.0 Å². The summed E-state index contributed by atoms with van der Waals surface area (Å²) in [6.45, 7) is 6.98. The number of benzene rings is 1. The van der Waals surface area contributed by atoms with E-state index in [0.29, 0.717) is 12.5 Å². The molecule has 0 amide bonds. The highest BCUT2D eigenvalue weighted by Crippen LogP contribution is 2.42. The maximum absolute atomic E-state index is 14.3. The van der Waals surface area contributed by atoms with E-state index >= 15 is 0 Å². The molecule has 3 unspecified atom stereocenters. The molecule has 0 saturated heterocycles.